The third kappa shape index (κ3) is 3.65. The number of fused-ring (bicyclic) bond motifs is 1. The molecule has 1 unspecified atom stereocenters. The molecule has 2 aromatic rings. The average molecular weight is 373 g/mol. The van der Waals surface area contributed by atoms with Crippen LogP contribution in [-0.2, 0) is 4.79 Å². The van der Waals surface area contributed by atoms with Crippen LogP contribution < -0.4 is 4.90 Å². The summed E-state index contributed by atoms with van der Waals surface area (Å²) in [6.45, 7) is 4.90. The van der Waals surface area contributed by atoms with Gasteiger partial charge in [0.15, 0.2) is 11.6 Å². The van der Waals surface area contributed by atoms with E-state index in [4.69, 9.17) is 4.98 Å². The molecular formula is C21H30N3OS+. The van der Waals surface area contributed by atoms with Gasteiger partial charge in [-0.2, -0.15) is 0 Å². The van der Waals surface area contributed by atoms with Gasteiger partial charge in [-0.25, -0.2) is 4.98 Å². The molecule has 2 aliphatic rings. The monoisotopic (exact) mass is 372 g/mol. The zero-order valence-corrected chi connectivity index (χ0v) is 16.6. The van der Waals surface area contributed by atoms with Crippen LogP contribution in [0.2, 0.25) is 0 Å². The number of quaternary nitrogens is 1. The number of thiazole rings is 1. The number of amides is 1. The summed E-state index contributed by atoms with van der Waals surface area (Å²) in [7, 11) is 0. The third-order valence-corrected chi connectivity index (χ3v) is 7.29. The molecule has 140 valence electrons. The van der Waals surface area contributed by atoms with Gasteiger partial charge >= 0.3 is 0 Å². The van der Waals surface area contributed by atoms with Crippen LogP contribution in [0.1, 0.15) is 62.9 Å². The van der Waals surface area contributed by atoms with Gasteiger partial charge in [-0.05, 0) is 50.7 Å². The van der Waals surface area contributed by atoms with Crippen molar-refractivity contribution in [2.75, 3.05) is 19.6 Å². The number of nitrogens with zero attached hydrogens (tertiary/aromatic N) is 2. The van der Waals surface area contributed by atoms with Crippen LogP contribution >= 0.6 is 11.3 Å². The topological polar surface area (TPSA) is 37.6 Å². The van der Waals surface area contributed by atoms with Gasteiger partial charge in [0.25, 0.3) is 5.91 Å². The lowest BCUT2D eigenvalue weighted by Crippen LogP contribution is -3.14. The largest absolute Gasteiger partial charge is 0.335 e. The van der Waals surface area contributed by atoms with Crippen LogP contribution in [0, 0.1) is 0 Å². The number of hydrogen-bond acceptors (Lipinski definition) is 3. The molecule has 3 atom stereocenters. The van der Waals surface area contributed by atoms with Gasteiger partial charge in [0, 0.05) is 19.0 Å². The molecule has 1 amide bonds. The second-order valence-corrected chi connectivity index (χ2v) is 8.86. The molecule has 2 saturated heterocycles. The Hall–Kier alpha value is -1.46. The molecule has 1 aromatic heterocycles. The number of rotatable bonds is 4. The summed E-state index contributed by atoms with van der Waals surface area (Å²) >= 11 is 1.82. The number of piperidine rings is 2. The molecule has 1 aromatic carbocycles. The molecule has 0 bridgehead atoms. The Bertz CT molecular complexity index is 726. The fourth-order valence-electron chi connectivity index (χ4n) is 4.68. The Morgan fingerprint density at radius 3 is 2.92 bits per heavy atom. The molecule has 5 heteroatoms. The summed E-state index contributed by atoms with van der Waals surface area (Å²) in [5.74, 6) is 0.361. The quantitative estimate of drug-likeness (QED) is 0.895. The lowest BCUT2D eigenvalue weighted by Gasteiger charge is -2.37. The van der Waals surface area contributed by atoms with Gasteiger partial charge in [0.1, 0.15) is 6.04 Å². The Kier molecular flexibility index (Phi) is 5.55. The Morgan fingerprint density at radius 2 is 2.08 bits per heavy atom. The highest BCUT2D eigenvalue weighted by atomic mass is 32.1. The summed E-state index contributed by atoms with van der Waals surface area (Å²) in [5.41, 5.74) is 1.10. The predicted molar refractivity (Wildman–Crippen MR) is 107 cm³/mol. The van der Waals surface area contributed by atoms with Gasteiger partial charge in [0.2, 0.25) is 0 Å². The Balaban J connectivity index is 1.51. The first kappa shape index (κ1) is 17.9. The van der Waals surface area contributed by atoms with E-state index in [1.165, 1.54) is 46.7 Å². The number of carbonyl (C=O) groups is 1. The zero-order valence-electron chi connectivity index (χ0n) is 15.7. The van der Waals surface area contributed by atoms with E-state index in [-0.39, 0.29) is 0 Å². The fraction of sp³-hybridized carbons (Fsp3) is 0.619. The second-order valence-electron chi connectivity index (χ2n) is 7.80. The molecule has 0 radical (unpaired) electrons. The number of nitrogens with one attached hydrogen (secondary N) is 1. The number of likely N-dealkylation sites (tertiary alicyclic amines) is 2. The highest BCUT2D eigenvalue weighted by Gasteiger charge is 2.34. The molecule has 1 N–H and O–H groups in total. The van der Waals surface area contributed by atoms with Crippen molar-refractivity contribution in [3.63, 3.8) is 0 Å². The number of benzene rings is 1. The molecule has 0 spiro atoms. The van der Waals surface area contributed by atoms with Crippen LogP contribution in [0.25, 0.3) is 10.2 Å². The lowest BCUT2D eigenvalue weighted by molar-refractivity contribution is -0.929. The second kappa shape index (κ2) is 8.05. The third-order valence-electron chi connectivity index (χ3n) is 6.14. The van der Waals surface area contributed by atoms with E-state index in [0.29, 0.717) is 24.5 Å². The van der Waals surface area contributed by atoms with Crippen molar-refractivity contribution in [1.82, 2.24) is 9.88 Å². The normalized spacial score (nSPS) is 27.0. The van der Waals surface area contributed by atoms with E-state index in [9.17, 15) is 4.79 Å². The van der Waals surface area contributed by atoms with Gasteiger partial charge in [-0.3, -0.25) is 4.79 Å². The fourth-order valence-corrected chi connectivity index (χ4v) is 5.84. The minimum Gasteiger partial charge on any atom is -0.335 e. The maximum absolute atomic E-state index is 13.1. The number of carbonyl (C=O) groups excluding carboxylic acids is 1. The van der Waals surface area contributed by atoms with E-state index in [0.717, 1.165) is 31.4 Å². The first-order chi connectivity index (χ1) is 12.8. The smallest absolute Gasteiger partial charge is 0.278 e. The minimum atomic E-state index is 0.361. The van der Waals surface area contributed by atoms with Crippen LogP contribution in [0.3, 0.4) is 0 Å². The maximum Gasteiger partial charge on any atom is 0.278 e. The average Bonchev–Trinajstić information content (AvgIpc) is 3.12. The van der Waals surface area contributed by atoms with Gasteiger partial charge in [0.05, 0.1) is 16.8 Å². The van der Waals surface area contributed by atoms with Crippen molar-refractivity contribution in [1.29, 1.82) is 0 Å². The van der Waals surface area contributed by atoms with Gasteiger partial charge < -0.3 is 9.80 Å². The molecule has 4 nitrogen and oxygen atoms in total. The molecule has 2 aliphatic heterocycles. The Labute approximate surface area is 160 Å². The highest BCUT2D eigenvalue weighted by Crippen LogP contribution is 2.28. The van der Waals surface area contributed by atoms with E-state index in [1.807, 2.05) is 11.3 Å². The van der Waals surface area contributed by atoms with Crippen molar-refractivity contribution >= 4 is 27.5 Å². The number of aromatic nitrogens is 1. The molecule has 26 heavy (non-hydrogen) atoms. The van der Waals surface area contributed by atoms with Gasteiger partial charge in [-0.15, -0.1) is 11.3 Å². The first-order valence-electron chi connectivity index (χ1n) is 10.3. The molecule has 0 saturated carbocycles. The van der Waals surface area contributed by atoms with Crippen LogP contribution in [0.15, 0.2) is 24.3 Å². The highest BCUT2D eigenvalue weighted by molar-refractivity contribution is 7.18. The minimum absolute atomic E-state index is 0.361. The SMILES string of the molecule is CC[C@H]1CCCCN1C(=O)C[NH+]1CCCC[C@@H]1c1nc2ccccc2s1. The first-order valence-corrected chi connectivity index (χ1v) is 11.1. The van der Waals surface area contributed by atoms with Crippen molar-refractivity contribution in [2.45, 2.75) is 64.0 Å². The van der Waals surface area contributed by atoms with E-state index in [2.05, 4.69) is 36.1 Å². The van der Waals surface area contributed by atoms with Gasteiger partial charge in [-0.1, -0.05) is 19.1 Å². The van der Waals surface area contributed by atoms with Crippen molar-refractivity contribution in [2.24, 2.45) is 0 Å². The molecule has 2 fully saturated rings. The summed E-state index contributed by atoms with van der Waals surface area (Å²) in [5, 5.41) is 1.22. The number of hydrogen-bond donors (Lipinski definition) is 1. The molecule has 0 aliphatic carbocycles. The van der Waals surface area contributed by atoms with Crippen LogP contribution in [0.4, 0.5) is 0 Å². The predicted octanol–water partition coefficient (Wildman–Crippen LogP) is 3.20. The van der Waals surface area contributed by atoms with Crippen molar-refractivity contribution < 1.29 is 9.69 Å². The van der Waals surface area contributed by atoms with Crippen LogP contribution in [-0.4, -0.2) is 41.5 Å². The summed E-state index contributed by atoms with van der Waals surface area (Å²) in [6, 6.07) is 9.24. The molecule has 4 rings (SSSR count). The summed E-state index contributed by atoms with van der Waals surface area (Å²) in [6.07, 6.45) is 8.33. The Morgan fingerprint density at radius 1 is 1.23 bits per heavy atom. The summed E-state index contributed by atoms with van der Waals surface area (Å²) < 4.78 is 1.26. The van der Waals surface area contributed by atoms with E-state index >= 15 is 0 Å². The maximum atomic E-state index is 13.1. The lowest BCUT2D eigenvalue weighted by atomic mass is 9.99. The standard InChI is InChI=1S/C21H29N3OS/c1-2-16-9-5-8-14-24(16)20(25)15-23-13-7-6-11-18(23)21-22-17-10-3-4-12-19(17)26-21/h3-4,10,12,16,18H,2,5-9,11,13-15H2,1H3/p+1/t16-,18+/m0/s1. The van der Waals surface area contributed by atoms with Crippen molar-refractivity contribution in [3.8, 4) is 0 Å². The van der Waals surface area contributed by atoms with E-state index in [1.54, 1.807) is 0 Å². The number of para-hydroxylation sites is 1. The molecular weight excluding hydrogens is 342 g/mol. The molecule has 3 heterocycles. The van der Waals surface area contributed by atoms with E-state index < -0.39 is 0 Å². The summed E-state index contributed by atoms with van der Waals surface area (Å²) in [4.78, 5) is 21.6. The zero-order chi connectivity index (χ0) is 17.9. The van der Waals surface area contributed by atoms with Crippen molar-refractivity contribution in [3.05, 3.63) is 29.3 Å². The van der Waals surface area contributed by atoms with Crippen LogP contribution in [0.5, 0.6) is 0 Å².